The van der Waals surface area contributed by atoms with Crippen LogP contribution in [0.5, 0.6) is 0 Å². The van der Waals surface area contributed by atoms with Gasteiger partial charge in [-0.05, 0) is 75.3 Å². The number of aryl methyl sites for hydroxylation is 1. The molecule has 2 aromatic carbocycles. The van der Waals surface area contributed by atoms with Gasteiger partial charge in [0.05, 0.1) is 15.1 Å². The van der Waals surface area contributed by atoms with E-state index in [1.807, 2.05) is 25.1 Å². The van der Waals surface area contributed by atoms with Crippen LogP contribution in [0.25, 0.3) is 10.2 Å². The fraction of sp³-hybridized carbons (Fsp3) is 0.417. The van der Waals surface area contributed by atoms with E-state index >= 15 is 0 Å². The Morgan fingerprint density at radius 2 is 1.76 bits per heavy atom. The Labute approximate surface area is 199 Å². The molecule has 1 amide bonds. The molecule has 1 aliphatic carbocycles. The van der Waals surface area contributed by atoms with Gasteiger partial charge in [-0.1, -0.05) is 24.3 Å². The Morgan fingerprint density at radius 3 is 2.36 bits per heavy atom. The number of likely N-dealkylation sites (N-methyl/N-ethyl adjacent to an activating group) is 1. The third-order valence-corrected chi connectivity index (χ3v) is 8.90. The summed E-state index contributed by atoms with van der Waals surface area (Å²) in [5, 5.41) is 0.648. The number of fused-ring (bicyclic) bond motifs is 1. The zero-order valence-corrected chi connectivity index (χ0v) is 21.1. The summed E-state index contributed by atoms with van der Waals surface area (Å²) in [6.07, 6.45) is 2.74. The predicted molar refractivity (Wildman–Crippen MR) is 134 cm³/mol. The number of rotatable bonds is 9. The van der Waals surface area contributed by atoms with Crippen molar-refractivity contribution in [3.8, 4) is 0 Å². The summed E-state index contributed by atoms with van der Waals surface area (Å²) in [4.78, 5) is 22.1. The number of carbonyl (C=O) groups excluding carboxylic acids is 1. The first-order valence-corrected chi connectivity index (χ1v) is 13.4. The first kappa shape index (κ1) is 23.8. The van der Waals surface area contributed by atoms with Crippen LogP contribution in [-0.4, -0.2) is 68.8 Å². The maximum absolute atomic E-state index is 13.5. The highest BCUT2D eigenvalue weighted by Crippen LogP contribution is 2.32. The number of amides is 1. The van der Waals surface area contributed by atoms with Gasteiger partial charge in [0.1, 0.15) is 0 Å². The third kappa shape index (κ3) is 5.11. The Kier molecular flexibility index (Phi) is 6.86. The summed E-state index contributed by atoms with van der Waals surface area (Å²) in [5.41, 5.74) is 2.55. The summed E-state index contributed by atoms with van der Waals surface area (Å²) in [5.74, 6) is -0.189. The molecule has 4 rings (SSSR count). The molecule has 0 saturated heterocycles. The standard InChI is InChI=1S/C24H30N4O3S2/c1-5-17-6-13-21-22(16-17)32-24(25-21)28(15-14-26(2)3)23(29)18-7-11-20(12-8-18)33(30,31)27(4)19-9-10-19/h6-8,11-13,16,19H,5,9-10,14-15H2,1-4H3. The number of carbonyl (C=O) groups is 1. The molecule has 1 aliphatic rings. The van der Waals surface area contributed by atoms with Gasteiger partial charge in [-0.3, -0.25) is 9.69 Å². The average Bonchev–Trinajstić information content (AvgIpc) is 3.57. The van der Waals surface area contributed by atoms with Crippen LogP contribution in [0.15, 0.2) is 47.4 Å². The Bertz CT molecular complexity index is 1250. The second-order valence-corrected chi connectivity index (χ2v) is 11.7. The fourth-order valence-electron chi connectivity index (χ4n) is 3.60. The molecule has 7 nitrogen and oxygen atoms in total. The summed E-state index contributed by atoms with van der Waals surface area (Å²) < 4.78 is 28.1. The van der Waals surface area contributed by atoms with E-state index in [-0.39, 0.29) is 16.8 Å². The van der Waals surface area contributed by atoms with E-state index < -0.39 is 10.0 Å². The molecule has 0 radical (unpaired) electrons. The van der Waals surface area contributed by atoms with E-state index in [9.17, 15) is 13.2 Å². The van der Waals surface area contributed by atoms with Crippen LogP contribution in [0.3, 0.4) is 0 Å². The lowest BCUT2D eigenvalue weighted by molar-refractivity contribution is 0.0985. The Balaban J connectivity index is 1.63. The number of anilines is 1. The molecule has 0 spiro atoms. The lowest BCUT2D eigenvalue weighted by Gasteiger charge is -2.22. The van der Waals surface area contributed by atoms with Crippen molar-refractivity contribution in [2.75, 3.05) is 39.1 Å². The van der Waals surface area contributed by atoms with Gasteiger partial charge in [0.2, 0.25) is 10.0 Å². The Hall–Kier alpha value is -2.33. The lowest BCUT2D eigenvalue weighted by Crippen LogP contribution is -2.36. The van der Waals surface area contributed by atoms with E-state index in [2.05, 4.69) is 19.1 Å². The normalized spacial score (nSPS) is 14.4. The molecule has 33 heavy (non-hydrogen) atoms. The van der Waals surface area contributed by atoms with Gasteiger partial charge in [0.15, 0.2) is 5.13 Å². The van der Waals surface area contributed by atoms with Crippen molar-refractivity contribution >= 4 is 42.6 Å². The molecule has 1 aromatic heterocycles. The first-order valence-electron chi connectivity index (χ1n) is 11.1. The molecule has 9 heteroatoms. The van der Waals surface area contributed by atoms with E-state index in [1.54, 1.807) is 24.1 Å². The molecule has 0 unspecified atom stereocenters. The molecular formula is C24H30N4O3S2. The summed E-state index contributed by atoms with van der Waals surface area (Å²) in [7, 11) is 2.00. The largest absolute Gasteiger partial charge is 0.308 e. The highest BCUT2D eigenvalue weighted by molar-refractivity contribution is 7.89. The summed E-state index contributed by atoms with van der Waals surface area (Å²) in [6, 6.07) is 12.5. The third-order valence-electron chi connectivity index (χ3n) is 5.94. The maximum Gasteiger partial charge on any atom is 0.260 e. The number of hydrogen-bond acceptors (Lipinski definition) is 6. The number of aromatic nitrogens is 1. The lowest BCUT2D eigenvalue weighted by atomic mass is 10.2. The number of sulfonamides is 1. The van der Waals surface area contributed by atoms with Crippen molar-refractivity contribution in [1.82, 2.24) is 14.2 Å². The van der Waals surface area contributed by atoms with Gasteiger partial charge < -0.3 is 4.90 Å². The molecule has 1 heterocycles. The SMILES string of the molecule is CCc1ccc2nc(N(CCN(C)C)C(=O)c3ccc(S(=O)(=O)N(C)C4CC4)cc3)sc2c1. The molecule has 3 aromatic rings. The fourth-order valence-corrected chi connectivity index (χ4v) is 6.07. The van der Waals surface area contributed by atoms with Crippen LogP contribution < -0.4 is 4.90 Å². The van der Waals surface area contributed by atoms with Gasteiger partial charge >= 0.3 is 0 Å². The first-order chi connectivity index (χ1) is 15.7. The monoisotopic (exact) mass is 486 g/mol. The number of hydrogen-bond donors (Lipinski definition) is 0. The van der Waals surface area contributed by atoms with E-state index in [0.29, 0.717) is 23.8 Å². The minimum atomic E-state index is -3.54. The van der Waals surface area contributed by atoms with Crippen molar-refractivity contribution in [2.45, 2.75) is 37.1 Å². The summed E-state index contributed by atoms with van der Waals surface area (Å²) >= 11 is 1.50. The van der Waals surface area contributed by atoms with Crippen LogP contribution in [0, 0.1) is 0 Å². The topological polar surface area (TPSA) is 73.8 Å². The van der Waals surface area contributed by atoms with Gasteiger partial charge in [0.25, 0.3) is 5.91 Å². The summed E-state index contributed by atoms with van der Waals surface area (Å²) in [6.45, 7) is 3.28. The molecular weight excluding hydrogens is 456 g/mol. The van der Waals surface area contributed by atoms with Crippen molar-refractivity contribution < 1.29 is 13.2 Å². The highest BCUT2D eigenvalue weighted by Gasteiger charge is 2.35. The molecule has 176 valence electrons. The molecule has 0 atom stereocenters. The van der Waals surface area contributed by atoms with Gasteiger partial charge in [-0.15, -0.1) is 0 Å². The predicted octanol–water partition coefficient (Wildman–Crippen LogP) is 3.85. The van der Waals surface area contributed by atoms with Crippen LogP contribution in [0.2, 0.25) is 0 Å². The van der Waals surface area contributed by atoms with E-state index in [0.717, 1.165) is 29.5 Å². The molecule has 0 N–H and O–H groups in total. The zero-order chi connectivity index (χ0) is 23.8. The smallest absolute Gasteiger partial charge is 0.260 e. The van der Waals surface area contributed by atoms with Gasteiger partial charge in [-0.2, -0.15) is 4.31 Å². The Morgan fingerprint density at radius 1 is 1.06 bits per heavy atom. The highest BCUT2D eigenvalue weighted by atomic mass is 32.2. The van der Waals surface area contributed by atoms with Gasteiger partial charge in [0, 0.05) is 31.7 Å². The second-order valence-electron chi connectivity index (χ2n) is 8.69. The maximum atomic E-state index is 13.5. The number of benzene rings is 2. The van der Waals surface area contributed by atoms with Crippen molar-refractivity contribution in [1.29, 1.82) is 0 Å². The van der Waals surface area contributed by atoms with Crippen molar-refractivity contribution in [3.63, 3.8) is 0 Å². The van der Waals surface area contributed by atoms with Crippen LogP contribution >= 0.6 is 11.3 Å². The van der Waals surface area contributed by atoms with Crippen LogP contribution in [0.1, 0.15) is 35.7 Å². The van der Waals surface area contributed by atoms with Gasteiger partial charge in [-0.25, -0.2) is 13.4 Å². The average molecular weight is 487 g/mol. The minimum absolute atomic E-state index is 0.0880. The second kappa shape index (κ2) is 9.50. The molecule has 0 aliphatic heterocycles. The number of thiazole rings is 1. The van der Waals surface area contributed by atoms with Crippen molar-refractivity contribution in [3.05, 3.63) is 53.6 Å². The molecule has 1 fully saturated rings. The van der Waals surface area contributed by atoms with Crippen LogP contribution in [-0.2, 0) is 16.4 Å². The quantitative estimate of drug-likeness (QED) is 0.459. The molecule has 0 bridgehead atoms. The van der Waals surface area contributed by atoms with Crippen LogP contribution in [0.4, 0.5) is 5.13 Å². The molecule has 1 saturated carbocycles. The van der Waals surface area contributed by atoms with E-state index in [1.165, 1.54) is 33.3 Å². The zero-order valence-electron chi connectivity index (χ0n) is 19.5. The van der Waals surface area contributed by atoms with Crippen molar-refractivity contribution in [2.24, 2.45) is 0 Å². The minimum Gasteiger partial charge on any atom is -0.308 e. The number of nitrogens with zero attached hydrogens (tertiary/aromatic N) is 4. The van der Waals surface area contributed by atoms with E-state index in [4.69, 9.17) is 4.98 Å².